The summed E-state index contributed by atoms with van der Waals surface area (Å²) < 4.78 is 5.37. The van der Waals surface area contributed by atoms with Crippen molar-refractivity contribution >= 4 is 5.91 Å². The summed E-state index contributed by atoms with van der Waals surface area (Å²) in [6.07, 6.45) is 0. The Morgan fingerprint density at radius 2 is 2.24 bits per heavy atom. The summed E-state index contributed by atoms with van der Waals surface area (Å²) >= 11 is 0. The predicted molar refractivity (Wildman–Crippen MR) is 65.5 cm³/mol. The monoisotopic (exact) mass is 234 g/mol. The Morgan fingerprint density at radius 1 is 1.47 bits per heavy atom. The first-order valence-electron chi connectivity index (χ1n) is 5.88. The number of carbonyl (C=O) groups is 1. The van der Waals surface area contributed by atoms with E-state index < -0.39 is 0 Å². The van der Waals surface area contributed by atoms with E-state index in [-0.39, 0.29) is 11.9 Å². The van der Waals surface area contributed by atoms with Crippen molar-refractivity contribution in [2.45, 2.75) is 12.6 Å². The summed E-state index contributed by atoms with van der Waals surface area (Å²) in [7, 11) is 1.66. The molecule has 2 rings (SSSR count). The number of morpholine rings is 1. The molecule has 92 valence electrons. The van der Waals surface area contributed by atoms with Gasteiger partial charge in [-0.05, 0) is 5.56 Å². The average Bonchev–Trinajstić information content (AvgIpc) is 2.40. The van der Waals surface area contributed by atoms with Gasteiger partial charge in [0.15, 0.2) is 0 Å². The molecule has 1 aliphatic rings. The summed E-state index contributed by atoms with van der Waals surface area (Å²) in [5.74, 6) is 0.0284. The molecule has 1 fully saturated rings. The lowest BCUT2D eigenvalue weighted by atomic mass is 10.1. The van der Waals surface area contributed by atoms with Crippen molar-refractivity contribution in [3.8, 4) is 0 Å². The second kappa shape index (κ2) is 5.80. The summed E-state index contributed by atoms with van der Waals surface area (Å²) in [6, 6.07) is 10.0. The van der Waals surface area contributed by atoms with Crippen molar-refractivity contribution in [1.82, 2.24) is 10.2 Å². The zero-order chi connectivity index (χ0) is 12.1. The van der Waals surface area contributed by atoms with Crippen molar-refractivity contribution in [2.24, 2.45) is 0 Å². The van der Waals surface area contributed by atoms with Gasteiger partial charge in [0.25, 0.3) is 0 Å². The molecule has 0 bridgehead atoms. The molecule has 17 heavy (non-hydrogen) atoms. The van der Waals surface area contributed by atoms with Crippen molar-refractivity contribution in [3.05, 3.63) is 35.9 Å². The van der Waals surface area contributed by atoms with Crippen LogP contribution in [0.3, 0.4) is 0 Å². The van der Waals surface area contributed by atoms with E-state index in [1.54, 1.807) is 7.05 Å². The zero-order valence-corrected chi connectivity index (χ0v) is 10.1. The number of nitrogens with zero attached hydrogens (tertiary/aromatic N) is 1. The molecule has 0 aromatic heterocycles. The third-order valence-corrected chi connectivity index (χ3v) is 3.02. The number of nitrogens with one attached hydrogen (secondary N) is 1. The van der Waals surface area contributed by atoms with E-state index in [2.05, 4.69) is 22.3 Å². The van der Waals surface area contributed by atoms with Crippen molar-refractivity contribution in [1.29, 1.82) is 0 Å². The van der Waals surface area contributed by atoms with Crippen LogP contribution in [-0.4, -0.2) is 43.7 Å². The lowest BCUT2D eigenvalue weighted by Crippen LogP contribution is -2.52. The summed E-state index contributed by atoms with van der Waals surface area (Å²) in [5.41, 5.74) is 1.23. The first-order chi connectivity index (χ1) is 8.31. The van der Waals surface area contributed by atoms with Crippen molar-refractivity contribution < 1.29 is 9.53 Å². The smallest absolute Gasteiger partial charge is 0.239 e. The number of carbonyl (C=O) groups excluding carboxylic acids is 1. The molecule has 1 amide bonds. The van der Waals surface area contributed by atoms with Crippen LogP contribution in [-0.2, 0) is 16.1 Å². The van der Waals surface area contributed by atoms with E-state index in [1.165, 1.54) is 5.56 Å². The third-order valence-electron chi connectivity index (χ3n) is 3.02. The third kappa shape index (κ3) is 3.05. The Morgan fingerprint density at radius 3 is 2.94 bits per heavy atom. The van der Waals surface area contributed by atoms with Crippen molar-refractivity contribution in [3.63, 3.8) is 0 Å². The average molecular weight is 234 g/mol. The molecule has 1 N–H and O–H groups in total. The summed E-state index contributed by atoms with van der Waals surface area (Å²) in [4.78, 5) is 13.9. The van der Waals surface area contributed by atoms with Crippen LogP contribution in [0.15, 0.2) is 30.3 Å². The fourth-order valence-electron chi connectivity index (χ4n) is 2.05. The maximum atomic E-state index is 11.7. The Balaban J connectivity index is 2.04. The Kier molecular flexibility index (Phi) is 4.12. The van der Waals surface area contributed by atoms with Gasteiger partial charge in [-0.2, -0.15) is 0 Å². The highest BCUT2D eigenvalue weighted by molar-refractivity contribution is 5.81. The molecule has 0 unspecified atom stereocenters. The van der Waals surface area contributed by atoms with Gasteiger partial charge in [-0.25, -0.2) is 0 Å². The molecule has 4 nitrogen and oxygen atoms in total. The topological polar surface area (TPSA) is 41.6 Å². The molecule has 1 saturated heterocycles. The molecule has 1 aliphatic heterocycles. The van der Waals surface area contributed by atoms with E-state index in [1.807, 2.05) is 18.2 Å². The lowest BCUT2D eigenvalue weighted by molar-refractivity contribution is -0.132. The van der Waals surface area contributed by atoms with Crippen LogP contribution < -0.4 is 5.32 Å². The van der Waals surface area contributed by atoms with Crippen LogP contribution >= 0.6 is 0 Å². The van der Waals surface area contributed by atoms with Crippen LogP contribution in [0.2, 0.25) is 0 Å². The lowest BCUT2D eigenvalue weighted by Gasteiger charge is -2.34. The van der Waals surface area contributed by atoms with Crippen molar-refractivity contribution in [2.75, 3.05) is 26.8 Å². The molecule has 1 aromatic rings. The van der Waals surface area contributed by atoms with Gasteiger partial charge in [-0.3, -0.25) is 9.69 Å². The minimum atomic E-state index is -0.172. The van der Waals surface area contributed by atoms with E-state index in [0.29, 0.717) is 13.2 Å². The van der Waals surface area contributed by atoms with Gasteiger partial charge in [0.2, 0.25) is 5.91 Å². The number of rotatable bonds is 3. The van der Waals surface area contributed by atoms with Gasteiger partial charge in [0.1, 0.15) is 6.04 Å². The van der Waals surface area contributed by atoms with Gasteiger partial charge < -0.3 is 10.1 Å². The van der Waals surface area contributed by atoms with Gasteiger partial charge >= 0.3 is 0 Å². The molecule has 1 atom stereocenters. The fraction of sp³-hybridized carbons (Fsp3) is 0.462. The van der Waals surface area contributed by atoms with E-state index in [4.69, 9.17) is 4.74 Å². The minimum absolute atomic E-state index is 0.0284. The normalized spacial score (nSPS) is 21.1. The Bertz CT molecular complexity index is 367. The first-order valence-corrected chi connectivity index (χ1v) is 5.88. The van der Waals surface area contributed by atoms with Gasteiger partial charge in [0.05, 0.1) is 13.2 Å². The van der Waals surface area contributed by atoms with Gasteiger partial charge in [0, 0.05) is 20.1 Å². The predicted octanol–water partition coefficient (Wildman–Crippen LogP) is 0.633. The molecular weight excluding hydrogens is 216 g/mol. The SMILES string of the molecule is CNC(=O)[C@@H]1COCCN1Cc1ccccc1. The Labute approximate surface area is 102 Å². The summed E-state index contributed by atoms with van der Waals surface area (Å²) in [6.45, 7) is 2.77. The number of ether oxygens (including phenoxy) is 1. The quantitative estimate of drug-likeness (QED) is 0.834. The number of hydrogen-bond acceptors (Lipinski definition) is 3. The van der Waals surface area contributed by atoms with Crippen LogP contribution in [0.25, 0.3) is 0 Å². The maximum Gasteiger partial charge on any atom is 0.239 e. The van der Waals surface area contributed by atoms with E-state index in [0.717, 1.165) is 13.1 Å². The summed E-state index contributed by atoms with van der Waals surface area (Å²) in [5, 5.41) is 2.69. The molecule has 1 aromatic carbocycles. The van der Waals surface area contributed by atoms with Crippen LogP contribution in [0.4, 0.5) is 0 Å². The van der Waals surface area contributed by atoms with E-state index >= 15 is 0 Å². The number of benzene rings is 1. The fourth-order valence-corrected chi connectivity index (χ4v) is 2.05. The van der Waals surface area contributed by atoms with Gasteiger partial charge in [-0.15, -0.1) is 0 Å². The standard InChI is InChI=1S/C13H18N2O2/c1-14-13(16)12-10-17-8-7-15(12)9-11-5-3-2-4-6-11/h2-6,12H,7-10H2,1H3,(H,14,16)/t12-/m0/s1. The number of amides is 1. The van der Waals surface area contributed by atoms with Crippen LogP contribution in [0.5, 0.6) is 0 Å². The molecule has 0 radical (unpaired) electrons. The molecule has 0 saturated carbocycles. The number of likely N-dealkylation sites (N-methyl/N-ethyl adjacent to an activating group) is 1. The Hall–Kier alpha value is -1.39. The van der Waals surface area contributed by atoms with Crippen LogP contribution in [0, 0.1) is 0 Å². The van der Waals surface area contributed by atoms with Crippen LogP contribution in [0.1, 0.15) is 5.56 Å². The minimum Gasteiger partial charge on any atom is -0.378 e. The molecule has 1 heterocycles. The van der Waals surface area contributed by atoms with E-state index in [9.17, 15) is 4.79 Å². The molecule has 0 aliphatic carbocycles. The highest BCUT2D eigenvalue weighted by atomic mass is 16.5. The highest BCUT2D eigenvalue weighted by Gasteiger charge is 2.28. The van der Waals surface area contributed by atoms with Gasteiger partial charge in [-0.1, -0.05) is 30.3 Å². The molecule has 0 spiro atoms. The molecular formula is C13H18N2O2. The first kappa shape index (κ1) is 12.1. The highest BCUT2D eigenvalue weighted by Crippen LogP contribution is 2.12. The zero-order valence-electron chi connectivity index (χ0n) is 10.1. The second-order valence-corrected chi connectivity index (χ2v) is 4.16. The second-order valence-electron chi connectivity index (χ2n) is 4.16. The number of hydrogen-bond donors (Lipinski definition) is 1. The molecule has 4 heteroatoms. The maximum absolute atomic E-state index is 11.7. The largest absolute Gasteiger partial charge is 0.378 e.